The van der Waals surface area contributed by atoms with E-state index in [2.05, 4.69) is 6.92 Å². The van der Waals surface area contributed by atoms with Crippen molar-refractivity contribution in [3.05, 3.63) is 29.8 Å². The third kappa shape index (κ3) is 8.03. The lowest BCUT2D eigenvalue weighted by Crippen LogP contribution is -2.14. The van der Waals surface area contributed by atoms with E-state index < -0.39 is 12.0 Å². The second kappa shape index (κ2) is 11.1. The van der Waals surface area contributed by atoms with Crippen LogP contribution in [0.2, 0.25) is 0 Å². The van der Waals surface area contributed by atoms with Gasteiger partial charge in [0.05, 0.1) is 13.0 Å². The second-order valence-corrected chi connectivity index (χ2v) is 5.74. The van der Waals surface area contributed by atoms with Crippen LogP contribution in [0.3, 0.4) is 0 Å². The Morgan fingerprint density at radius 1 is 1.09 bits per heavy atom. The fourth-order valence-corrected chi connectivity index (χ4v) is 2.37. The van der Waals surface area contributed by atoms with E-state index in [-0.39, 0.29) is 6.42 Å². The SMILES string of the molecule is CCCCCCCCCOc1ccc(C(N)CC(=O)O)cc1. The van der Waals surface area contributed by atoms with Gasteiger partial charge >= 0.3 is 5.97 Å². The molecular weight excluding hydrogens is 278 g/mol. The molecule has 0 aromatic heterocycles. The summed E-state index contributed by atoms with van der Waals surface area (Å²) in [5.74, 6) is -0.0657. The minimum absolute atomic E-state index is 0.0573. The number of unbranched alkanes of at least 4 members (excludes halogenated alkanes) is 6. The Labute approximate surface area is 133 Å². The third-order valence-corrected chi connectivity index (χ3v) is 3.72. The number of carbonyl (C=O) groups is 1. The standard InChI is InChI=1S/C18H29NO3/c1-2-3-4-5-6-7-8-13-22-16-11-9-15(10-12-16)17(19)14-18(20)21/h9-12,17H,2-8,13-14,19H2,1H3,(H,20,21). The van der Waals surface area contributed by atoms with E-state index in [1.165, 1.54) is 38.5 Å². The lowest BCUT2D eigenvalue weighted by molar-refractivity contribution is -0.137. The van der Waals surface area contributed by atoms with E-state index in [9.17, 15) is 4.79 Å². The molecule has 1 rings (SSSR count). The van der Waals surface area contributed by atoms with Gasteiger partial charge in [0.15, 0.2) is 0 Å². The molecule has 22 heavy (non-hydrogen) atoms. The molecule has 0 saturated carbocycles. The van der Waals surface area contributed by atoms with E-state index in [4.69, 9.17) is 15.6 Å². The van der Waals surface area contributed by atoms with Crippen LogP contribution in [-0.4, -0.2) is 17.7 Å². The van der Waals surface area contributed by atoms with E-state index in [0.717, 1.165) is 24.3 Å². The highest BCUT2D eigenvalue weighted by Gasteiger charge is 2.10. The lowest BCUT2D eigenvalue weighted by atomic mass is 10.0. The molecular formula is C18H29NO3. The summed E-state index contributed by atoms with van der Waals surface area (Å²) in [5.41, 5.74) is 6.64. The first-order chi connectivity index (χ1) is 10.6. The second-order valence-electron chi connectivity index (χ2n) is 5.74. The Bertz CT molecular complexity index is 417. The minimum atomic E-state index is -0.883. The summed E-state index contributed by atoms with van der Waals surface area (Å²) in [6.07, 6.45) is 8.81. The molecule has 0 amide bonds. The normalized spacial score (nSPS) is 12.1. The molecule has 0 aliphatic heterocycles. The van der Waals surface area contributed by atoms with Gasteiger partial charge in [-0.25, -0.2) is 0 Å². The van der Waals surface area contributed by atoms with Crippen molar-refractivity contribution in [2.45, 2.75) is 64.3 Å². The number of benzene rings is 1. The molecule has 0 bridgehead atoms. The zero-order valence-electron chi connectivity index (χ0n) is 13.6. The van der Waals surface area contributed by atoms with Crippen molar-refractivity contribution >= 4 is 5.97 Å². The zero-order valence-corrected chi connectivity index (χ0v) is 13.6. The number of ether oxygens (including phenoxy) is 1. The van der Waals surface area contributed by atoms with Gasteiger partial charge in [0.25, 0.3) is 0 Å². The molecule has 3 N–H and O–H groups in total. The van der Waals surface area contributed by atoms with E-state index in [0.29, 0.717) is 0 Å². The van der Waals surface area contributed by atoms with Gasteiger partial charge in [-0.2, -0.15) is 0 Å². The van der Waals surface area contributed by atoms with Crippen LogP contribution in [0.15, 0.2) is 24.3 Å². The highest BCUT2D eigenvalue weighted by atomic mass is 16.5. The maximum atomic E-state index is 10.6. The van der Waals surface area contributed by atoms with Gasteiger partial charge in [-0.3, -0.25) is 4.79 Å². The average Bonchev–Trinajstić information content (AvgIpc) is 2.50. The molecule has 0 radical (unpaired) electrons. The van der Waals surface area contributed by atoms with Crippen molar-refractivity contribution < 1.29 is 14.6 Å². The first-order valence-electron chi connectivity index (χ1n) is 8.33. The van der Waals surface area contributed by atoms with Gasteiger partial charge in [-0.1, -0.05) is 57.6 Å². The fraction of sp³-hybridized carbons (Fsp3) is 0.611. The average molecular weight is 307 g/mol. The van der Waals surface area contributed by atoms with Crippen LogP contribution in [0, 0.1) is 0 Å². The van der Waals surface area contributed by atoms with Crippen LogP contribution >= 0.6 is 0 Å². The van der Waals surface area contributed by atoms with Crippen molar-refractivity contribution in [1.82, 2.24) is 0 Å². The molecule has 124 valence electrons. The van der Waals surface area contributed by atoms with E-state index in [1.807, 2.05) is 24.3 Å². The predicted octanol–water partition coefficient (Wildman–Crippen LogP) is 4.29. The highest BCUT2D eigenvalue weighted by Crippen LogP contribution is 2.19. The molecule has 1 unspecified atom stereocenters. The van der Waals surface area contributed by atoms with Crippen LogP contribution < -0.4 is 10.5 Å². The summed E-state index contributed by atoms with van der Waals surface area (Å²) in [6.45, 7) is 2.96. The molecule has 0 spiro atoms. The van der Waals surface area contributed by atoms with Gasteiger partial charge in [-0.15, -0.1) is 0 Å². The first kappa shape index (κ1) is 18.5. The number of aliphatic carboxylic acids is 1. The van der Waals surface area contributed by atoms with Gasteiger partial charge in [-0.05, 0) is 24.1 Å². The molecule has 4 nitrogen and oxygen atoms in total. The van der Waals surface area contributed by atoms with Gasteiger partial charge in [0, 0.05) is 6.04 Å². The summed E-state index contributed by atoms with van der Waals surface area (Å²) in [7, 11) is 0. The molecule has 0 saturated heterocycles. The molecule has 4 heteroatoms. The Balaban J connectivity index is 2.17. The summed E-state index contributed by atoms with van der Waals surface area (Å²) in [6, 6.07) is 6.94. The van der Waals surface area contributed by atoms with Crippen LogP contribution in [0.1, 0.15) is 69.9 Å². The van der Waals surface area contributed by atoms with Crippen molar-refractivity contribution in [2.75, 3.05) is 6.61 Å². The van der Waals surface area contributed by atoms with Crippen LogP contribution in [0.25, 0.3) is 0 Å². The Morgan fingerprint density at radius 3 is 2.27 bits per heavy atom. The summed E-state index contributed by atoms with van der Waals surface area (Å²) >= 11 is 0. The lowest BCUT2D eigenvalue weighted by Gasteiger charge is -2.11. The molecule has 0 aliphatic rings. The van der Waals surface area contributed by atoms with Gasteiger partial charge < -0.3 is 15.6 Å². The maximum Gasteiger partial charge on any atom is 0.305 e. The number of carboxylic acid groups (broad SMARTS) is 1. The first-order valence-corrected chi connectivity index (χ1v) is 8.33. The smallest absolute Gasteiger partial charge is 0.305 e. The Kier molecular flexibility index (Phi) is 9.31. The molecule has 1 atom stereocenters. The van der Waals surface area contributed by atoms with Crippen molar-refractivity contribution in [2.24, 2.45) is 5.73 Å². The van der Waals surface area contributed by atoms with Crippen molar-refractivity contribution in [3.63, 3.8) is 0 Å². The topological polar surface area (TPSA) is 72.5 Å². The largest absolute Gasteiger partial charge is 0.494 e. The summed E-state index contributed by atoms with van der Waals surface area (Å²) < 4.78 is 5.69. The van der Waals surface area contributed by atoms with Gasteiger partial charge in [0.2, 0.25) is 0 Å². The summed E-state index contributed by atoms with van der Waals surface area (Å²) in [5, 5.41) is 8.73. The van der Waals surface area contributed by atoms with Crippen molar-refractivity contribution in [1.29, 1.82) is 0 Å². The van der Waals surface area contributed by atoms with E-state index in [1.54, 1.807) is 0 Å². The quantitative estimate of drug-likeness (QED) is 0.565. The summed E-state index contributed by atoms with van der Waals surface area (Å²) in [4.78, 5) is 10.6. The van der Waals surface area contributed by atoms with Crippen molar-refractivity contribution in [3.8, 4) is 5.75 Å². The Hall–Kier alpha value is -1.55. The fourth-order valence-electron chi connectivity index (χ4n) is 2.37. The zero-order chi connectivity index (χ0) is 16.2. The van der Waals surface area contributed by atoms with Gasteiger partial charge in [0.1, 0.15) is 5.75 Å². The predicted molar refractivity (Wildman–Crippen MR) is 89.1 cm³/mol. The molecule has 0 fully saturated rings. The number of rotatable bonds is 12. The minimum Gasteiger partial charge on any atom is -0.494 e. The molecule has 0 heterocycles. The highest BCUT2D eigenvalue weighted by molar-refractivity contribution is 5.67. The Morgan fingerprint density at radius 2 is 1.68 bits per heavy atom. The van der Waals surface area contributed by atoms with Crippen LogP contribution in [-0.2, 0) is 4.79 Å². The molecule has 0 aliphatic carbocycles. The number of carboxylic acids is 1. The number of nitrogens with two attached hydrogens (primary N) is 1. The van der Waals surface area contributed by atoms with Crippen LogP contribution in [0.4, 0.5) is 0 Å². The maximum absolute atomic E-state index is 10.6. The van der Waals surface area contributed by atoms with Crippen LogP contribution in [0.5, 0.6) is 5.75 Å². The number of hydrogen-bond donors (Lipinski definition) is 2. The molecule has 1 aromatic carbocycles. The monoisotopic (exact) mass is 307 g/mol. The number of hydrogen-bond acceptors (Lipinski definition) is 3. The molecule has 1 aromatic rings. The third-order valence-electron chi connectivity index (χ3n) is 3.72. The van der Waals surface area contributed by atoms with E-state index >= 15 is 0 Å².